The number of rotatable bonds is 10. The van der Waals surface area contributed by atoms with Crippen molar-refractivity contribution in [3.63, 3.8) is 0 Å². The Bertz CT molecular complexity index is 2780. The molecule has 0 saturated carbocycles. The lowest BCUT2D eigenvalue weighted by molar-refractivity contribution is -0.136. The number of primary amides is 1. The summed E-state index contributed by atoms with van der Waals surface area (Å²) >= 11 is 0. The summed E-state index contributed by atoms with van der Waals surface area (Å²) in [5, 5.41) is 13.6. The minimum absolute atomic E-state index is 0.00750. The van der Waals surface area contributed by atoms with Crippen LogP contribution in [-0.4, -0.2) is 99.8 Å². The van der Waals surface area contributed by atoms with Crippen molar-refractivity contribution in [2.24, 2.45) is 11.7 Å². The van der Waals surface area contributed by atoms with Gasteiger partial charge in [0, 0.05) is 68.5 Å². The minimum Gasteiger partial charge on any atom is -0.457 e. The number of fused-ring (bicyclic) bond motifs is 3. The lowest BCUT2D eigenvalue weighted by atomic mass is 9.94. The second kappa shape index (κ2) is 17.5. The number of piperidine rings is 3. The normalized spacial score (nSPS) is 19.1. The molecule has 3 fully saturated rings. The van der Waals surface area contributed by atoms with E-state index < -0.39 is 41.4 Å². The van der Waals surface area contributed by atoms with E-state index in [4.69, 9.17) is 15.6 Å². The molecular weight excluding hydrogens is 846 g/mol. The average Bonchev–Trinajstić information content (AvgIpc) is 3.72. The van der Waals surface area contributed by atoms with E-state index in [1.165, 1.54) is 6.07 Å². The second-order valence-corrected chi connectivity index (χ2v) is 17.6. The van der Waals surface area contributed by atoms with Crippen LogP contribution in [0.25, 0.3) is 11.3 Å². The Labute approximate surface area is 379 Å². The van der Waals surface area contributed by atoms with Crippen molar-refractivity contribution < 1.29 is 37.9 Å². The Morgan fingerprint density at radius 3 is 2.21 bits per heavy atom. The van der Waals surface area contributed by atoms with Crippen LogP contribution in [0.1, 0.15) is 85.5 Å². The van der Waals surface area contributed by atoms with Gasteiger partial charge in [0.25, 0.3) is 23.6 Å². The average molecular weight is 894 g/mol. The highest BCUT2D eigenvalue weighted by molar-refractivity contribution is 6.23. The van der Waals surface area contributed by atoms with Crippen LogP contribution < -0.4 is 31.3 Å². The first-order valence-corrected chi connectivity index (χ1v) is 22.4. The third-order valence-electron chi connectivity index (χ3n) is 13.4. The number of para-hydroxylation sites is 1. The van der Waals surface area contributed by atoms with Crippen LogP contribution in [0.5, 0.6) is 11.5 Å². The van der Waals surface area contributed by atoms with E-state index in [0.717, 1.165) is 73.1 Å². The van der Waals surface area contributed by atoms with Gasteiger partial charge in [0.05, 0.1) is 16.8 Å². The number of amides is 6. The summed E-state index contributed by atoms with van der Waals surface area (Å²) < 4.78 is 23.2. The third-order valence-corrected chi connectivity index (χ3v) is 13.4. The molecule has 3 saturated heterocycles. The Morgan fingerprint density at radius 2 is 1.50 bits per heavy atom. The van der Waals surface area contributed by atoms with Gasteiger partial charge in [0.1, 0.15) is 40.4 Å². The number of halogens is 1. The Kier molecular flexibility index (Phi) is 11.3. The molecule has 6 amide bonds. The van der Waals surface area contributed by atoms with Gasteiger partial charge in [-0.05, 0) is 117 Å². The quantitative estimate of drug-likeness (QED) is 0.131. The molecule has 0 aliphatic carbocycles. The van der Waals surface area contributed by atoms with Gasteiger partial charge in [-0.1, -0.05) is 18.2 Å². The summed E-state index contributed by atoms with van der Waals surface area (Å²) in [6.45, 7) is 4.19. The molecule has 5 aromatic rings. The summed E-state index contributed by atoms with van der Waals surface area (Å²) in [5.74, 6) is -1.65. The molecule has 5 aliphatic rings. The number of carbonyl (C=O) groups is 6. The summed E-state index contributed by atoms with van der Waals surface area (Å²) in [6.07, 6.45) is 3.87. The summed E-state index contributed by atoms with van der Waals surface area (Å²) in [4.78, 5) is 82.2. The van der Waals surface area contributed by atoms with Crippen LogP contribution in [0.3, 0.4) is 0 Å². The van der Waals surface area contributed by atoms with E-state index >= 15 is 4.39 Å². The summed E-state index contributed by atoms with van der Waals surface area (Å²) in [7, 11) is 0. The van der Waals surface area contributed by atoms with Crippen molar-refractivity contribution in [3.8, 4) is 22.8 Å². The Morgan fingerprint density at radius 1 is 0.788 bits per heavy atom. The fourth-order valence-electron chi connectivity index (χ4n) is 9.88. The van der Waals surface area contributed by atoms with Crippen LogP contribution in [0.2, 0.25) is 0 Å². The molecule has 16 nitrogen and oxygen atoms in total. The van der Waals surface area contributed by atoms with Crippen molar-refractivity contribution in [1.29, 1.82) is 0 Å². The van der Waals surface area contributed by atoms with Crippen molar-refractivity contribution in [2.75, 3.05) is 42.9 Å². The van der Waals surface area contributed by atoms with Crippen LogP contribution in [0, 0.1) is 11.7 Å². The Balaban J connectivity index is 0.709. The van der Waals surface area contributed by atoms with Crippen LogP contribution >= 0.6 is 0 Å². The number of hydrogen-bond acceptors (Lipinski definition) is 11. The SMILES string of the molecule is NC(=O)c1c(-c2ccc(Oc3ccccc3)cc2)nn2c1Nc1ccc(C(=O)NC3CCN(CC4CCN(c5cc6c(cc5F)C(=O)N(C5CCC(=O)NC5=O)C6=O)CC4)CC3)cc1CC2. The van der Waals surface area contributed by atoms with Gasteiger partial charge in [0.15, 0.2) is 0 Å². The maximum Gasteiger partial charge on any atom is 0.262 e. The fraction of sp³-hybridized carbons (Fsp3) is 0.327. The first-order valence-electron chi connectivity index (χ1n) is 22.4. The van der Waals surface area contributed by atoms with Gasteiger partial charge in [-0.2, -0.15) is 5.10 Å². The molecule has 5 aliphatic heterocycles. The maximum atomic E-state index is 15.5. The molecule has 4 aromatic carbocycles. The van der Waals surface area contributed by atoms with E-state index in [9.17, 15) is 28.8 Å². The molecule has 17 heteroatoms. The van der Waals surface area contributed by atoms with E-state index in [2.05, 4.69) is 20.9 Å². The van der Waals surface area contributed by atoms with Crippen molar-refractivity contribution >= 4 is 52.6 Å². The van der Waals surface area contributed by atoms with E-state index in [1.54, 1.807) is 10.7 Å². The van der Waals surface area contributed by atoms with Crippen LogP contribution in [-0.2, 0) is 22.6 Å². The molecule has 1 atom stereocenters. The number of imide groups is 2. The molecule has 66 heavy (non-hydrogen) atoms. The van der Waals surface area contributed by atoms with Gasteiger partial charge < -0.3 is 30.9 Å². The molecule has 0 spiro atoms. The molecule has 6 heterocycles. The van der Waals surface area contributed by atoms with E-state index in [-0.39, 0.29) is 47.2 Å². The number of aryl methyl sites for hydroxylation is 2. The monoisotopic (exact) mass is 893 g/mol. The predicted octanol–water partition coefficient (Wildman–Crippen LogP) is 5.39. The maximum absolute atomic E-state index is 15.5. The fourth-order valence-corrected chi connectivity index (χ4v) is 9.88. The Hall–Kier alpha value is -7.40. The molecule has 5 N–H and O–H groups in total. The minimum atomic E-state index is -1.11. The van der Waals surface area contributed by atoms with Crippen molar-refractivity contribution in [2.45, 2.75) is 63.6 Å². The molecule has 0 radical (unpaired) electrons. The smallest absolute Gasteiger partial charge is 0.262 e. The zero-order valence-corrected chi connectivity index (χ0v) is 36.1. The number of nitrogens with zero attached hydrogens (tertiary/aromatic N) is 5. The third kappa shape index (κ3) is 8.25. The molecule has 10 rings (SSSR count). The van der Waals surface area contributed by atoms with Crippen molar-refractivity contribution in [3.05, 3.63) is 119 Å². The number of nitrogens with two attached hydrogens (primary N) is 1. The number of anilines is 3. The standard InChI is InChI=1S/C49H48FN9O7/c50-37-25-35-36(49(65)59(48(35)64)39-12-13-41(60)54-47(39)63)26-40(37)57-21-14-28(15-22-57)27-56-19-17-32(18-20-56)52-46(62)31-8-11-38-30(24-31)16-23-58-45(53-38)42(44(51)61)43(55-58)29-6-9-34(10-7-29)66-33-4-2-1-3-5-33/h1-11,24-26,28,32,39,53H,12-23,27H2,(H2,51,61)(H,52,62)(H,54,60,63). The van der Waals surface area contributed by atoms with Gasteiger partial charge in [-0.15, -0.1) is 0 Å². The second-order valence-electron chi connectivity index (χ2n) is 17.6. The highest BCUT2D eigenvalue weighted by Crippen LogP contribution is 2.37. The number of aromatic nitrogens is 2. The molecule has 0 bridgehead atoms. The summed E-state index contributed by atoms with van der Waals surface area (Å²) in [5.41, 5.74) is 9.92. The van der Waals surface area contributed by atoms with E-state index in [0.29, 0.717) is 60.5 Å². The first kappa shape index (κ1) is 42.5. The lowest BCUT2D eigenvalue weighted by Crippen LogP contribution is -2.54. The van der Waals surface area contributed by atoms with Gasteiger partial charge >= 0.3 is 0 Å². The number of nitrogens with one attached hydrogen (secondary N) is 3. The van der Waals surface area contributed by atoms with Gasteiger partial charge in [-0.25, -0.2) is 9.07 Å². The predicted molar refractivity (Wildman–Crippen MR) is 241 cm³/mol. The van der Waals surface area contributed by atoms with Crippen LogP contribution in [0.4, 0.5) is 21.6 Å². The number of ether oxygens (including phenoxy) is 1. The molecular formula is C49H48FN9O7. The number of hydrogen-bond donors (Lipinski definition) is 4. The first-order chi connectivity index (χ1) is 32.0. The zero-order valence-electron chi connectivity index (χ0n) is 36.1. The number of carbonyl (C=O) groups excluding carboxylic acids is 6. The number of likely N-dealkylation sites (tertiary alicyclic amines) is 1. The highest BCUT2D eigenvalue weighted by Gasteiger charge is 2.45. The van der Waals surface area contributed by atoms with E-state index in [1.807, 2.05) is 71.6 Å². The molecule has 1 unspecified atom stereocenters. The number of benzene rings is 4. The van der Waals surface area contributed by atoms with Crippen molar-refractivity contribution in [1.82, 2.24) is 30.2 Å². The van der Waals surface area contributed by atoms with Crippen LogP contribution in [0.15, 0.2) is 84.9 Å². The van der Waals surface area contributed by atoms with Gasteiger partial charge in [0.2, 0.25) is 11.8 Å². The highest BCUT2D eigenvalue weighted by atomic mass is 19.1. The summed E-state index contributed by atoms with van der Waals surface area (Å²) in [6, 6.07) is 23.8. The largest absolute Gasteiger partial charge is 0.457 e. The van der Waals surface area contributed by atoms with Gasteiger partial charge in [-0.3, -0.25) is 39.0 Å². The zero-order chi connectivity index (χ0) is 45.6. The lowest BCUT2D eigenvalue weighted by Gasteiger charge is -2.38. The molecule has 1 aromatic heterocycles. The topological polar surface area (TPSA) is 201 Å². The molecule has 338 valence electrons.